The van der Waals surface area contributed by atoms with Gasteiger partial charge in [0.1, 0.15) is 0 Å². The van der Waals surface area contributed by atoms with Gasteiger partial charge in [-0.1, -0.05) is 12.2 Å². The fraction of sp³-hybridized carbons (Fsp3) is 0.714. The van der Waals surface area contributed by atoms with Gasteiger partial charge in [0.25, 0.3) is 0 Å². The van der Waals surface area contributed by atoms with Gasteiger partial charge in [-0.3, -0.25) is 0 Å². The first-order valence-corrected chi connectivity index (χ1v) is 3.31. The lowest BCUT2D eigenvalue weighted by atomic mass is 10.1. The van der Waals surface area contributed by atoms with E-state index in [4.69, 9.17) is 4.74 Å². The van der Waals surface area contributed by atoms with Gasteiger partial charge in [0.2, 0.25) is 0 Å². The maximum Gasteiger partial charge on any atom is 0.0618 e. The number of methoxy groups -OCH3 is 1. The fourth-order valence-corrected chi connectivity index (χ4v) is 0.990. The molecule has 1 rings (SSSR count). The first kappa shape index (κ1) is 6.78. The molecule has 1 aliphatic heterocycles. The van der Waals surface area contributed by atoms with Crippen LogP contribution in [0.5, 0.6) is 0 Å². The van der Waals surface area contributed by atoms with Gasteiger partial charge in [0, 0.05) is 19.7 Å². The molecule has 0 bridgehead atoms. The Labute approximate surface area is 55.9 Å². The van der Waals surface area contributed by atoms with Crippen LogP contribution in [0.15, 0.2) is 12.2 Å². The molecule has 0 amide bonds. The molecule has 1 atom stereocenters. The SMILES string of the molecule is COC[C@@H]1CC=CCN1. The van der Waals surface area contributed by atoms with E-state index >= 15 is 0 Å². The summed E-state index contributed by atoms with van der Waals surface area (Å²) < 4.78 is 4.98. The highest BCUT2D eigenvalue weighted by atomic mass is 16.5. The number of hydrogen-bond acceptors (Lipinski definition) is 2. The molecule has 0 fully saturated rings. The lowest BCUT2D eigenvalue weighted by Crippen LogP contribution is -2.34. The van der Waals surface area contributed by atoms with Crippen molar-refractivity contribution in [1.29, 1.82) is 0 Å². The van der Waals surface area contributed by atoms with Crippen molar-refractivity contribution in [1.82, 2.24) is 5.32 Å². The molecule has 0 radical (unpaired) electrons. The summed E-state index contributed by atoms with van der Waals surface area (Å²) in [5.41, 5.74) is 0. The van der Waals surface area contributed by atoms with E-state index in [1.54, 1.807) is 7.11 Å². The summed E-state index contributed by atoms with van der Waals surface area (Å²) >= 11 is 0. The molecule has 1 N–H and O–H groups in total. The standard InChI is InChI=1S/C7H13NO/c1-9-6-7-4-2-3-5-8-7/h2-3,7-8H,4-6H2,1H3/t7-/m0/s1. The van der Waals surface area contributed by atoms with Crippen LogP contribution in [-0.4, -0.2) is 26.3 Å². The van der Waals surface area contributed by atoms with Crippen molar-refractivity contribution in [3.63, 3.8) is 0 Å². The van der Waals surface area contributed by atoms with E-state index in [-0.39, 0.29) is 0 Å². The van der Waals surface area contributed by atoms with Crippen molar-refractivity contribution < 1.29 is 4.74 Å². The monoisotopic (exact) mass is 127 g/mol. The smallest absolute Gasteiger partial charge is 0.0618 e. The molecule has 0 spiro atoms. The average molecular weight is 127 g/mol. The van der Waals surface area contributed by atoms with Crippen molar-refractivity contribution in [3.05, 3.63) is 12.2 Å². The predicted octanol–water partition coefficient (Wildman–Crippen LogP) is 0.551. The molecular weight excluding hydrogens is 114 g/mol. The predicted molar refractivity (Wildman–Crippen MR) is 37.4 cm³/mol. The quantitative estimate of drug-likeness (QED) is 0.547. The lowest BCUT2D eigenvalue weighted by Gasteiger charge is -2.17. The van der Waals surface area contributed by atoms with E-state index < -0.39 is 0 Å². The van der Waals surface area contributed by atoms with Gasteiger partial charge in [-0.2, -0.15) is 0 Å². The zero-order chi connectivity index (χ0) is 6.53. The summed E-state index contributed by atoms with van der Waals surface area (Å²) in [4.78, 5) is 0. The summed E-state index contributed by atoms with van der Waals surface area (Å²) in [6.45, 7) is 1.82. The van der Waals surface area contributed by atoms with Gasteiger partial charge in [-0.25, -0.2) is 0 Å². The van der Waals surface area contributed by atoms with E-state index in [0.717, 1.165) is 19.6 Å². The molecule has 0 aliphatic carbocycles. The highest BCUT2D eigenvalue weighted by molar-refractivity contribution is 4.93. The van der Waals surface area contributed by atoms with Crippen LogP contribution >= 0.6 is 0 Å². The molecule has 0 saturated carbocycles. The van der Waals surface area contributed by atoms with E-state index in [1.807, 2.05) is 0 Å². The van der Waals surface area contributed by atoms with Gasteiger partial charge in [0.05, 0.1) is 6.61 Å². The summed E-state index contributed by atoms with van der Waals surface area (Å²) in [5.74, 6) is 0. The number of nitrogens with one attached hydrogen (secondary N) is 1. The Balaban J connectivity index is 2.18. The summed E-state index contributed by atoms with van der Waals surface area (Å²) in [7, 11) is 1.74. The van der Waals surface area contributed by atoms with Crippen LogP contribution < -0.4 is 5.32 Å². The van der Waals surface area contributed by atoms with Gasteiger partial charge in [-0.05, 0) is 6.42 Å². The Hall–Kier alpha value is -0.340. The molecular formula is C7H13NO. The molecule has 2 heteroatoms. The van der Waals surface area contributed by atoms with Crippen LogP contribution in [0.25, 0.3) is 0 Å². The third kappa shape index (κ3) is 2.16. The molecule has 2 nitrogen and oxygen atoms in total. The Morgan fingerprint density at radius 3 is 3.11 bits per heavy atom. The van der Waals surface area contributed by atoms with Crippen LogP contribution in [0.1, 0.15) is 6.42 Å². The second-order valence-electron chi connectivity index (χ2n) is 2.27. The minimum absolute atomic E-state index is 0.542. The molecule has 0 aromatic rings. The van der Waals surface area contributed by atoms with Crippen LogP contribution in [0, 0.1) is 0 Å². The van der Waals surface area contributed by atoms with E-state index in [9.17, 15) is 0 Å². The molecule has 52 valence electrons. The minimum Gasteiger partial charge on any atom is -0.383 e. The van der Waals surface area contributed by atoms with Crippen LogP contribution in [0.4, 0.5) is 0 Å². The fourth-order valence-electron chi connectivity index (χ4n) is 0.990. The molecule has 0 aromatic heterocycles. The largest absolute Gasteiger partial charge is 0.383 e. The first-order chi connectivity index (χ1) is 4.43. The zero-order valence-corrected chi connectivity index (χ0v) is 5.76. The number of hydrogen-bond donors (Lipinski definition) is 1. The number of ether oxygens (including phenoxy) is 1. The highest BCUT2D eigenvalue weighted by Crippen LogP contribution is 1.98. The topological polar surface area (TPSA) is 21.3 Å². The minimum atomic E-state index is 0.542. The van der Waals surface area contributed by atoms with Crippen molar-refractivity contribution in [2.45, 2.75) is 12.5 Å². The Kier molecular flexibility index (Phi) is 2.74. The van der Waals surface area contributed by atoms with Crippen molar-refractivity contribution in [2.75, 3.05) is 20.3 Å². The maximum absolute atomic E-state index is 4.98. The lowest BCUT2D eigenvalue weighted by molar-refractivity contribution is 0.167. The molecule has 1 heterocycles. The Morgan fingerprint density at radius 2 is 2.56 bits per heavy atom. The molecule has 9 heavy (non-hydrogen) atoms. The van der Waals surface area contributed by atoms with Crippen LogP contribution in [0.3, 0.4) is 0 Å². The second kappa shape index (κ2) is 3.64. The van der Waals surface area contributed by atoms with E-state index in [0.29, 0.717) is 6.04 Å². The van der Waals surface area contributed by atoms with Gasteiger partial charge >= 0.3 is 0 Å². The maximum atomic E-state index is 4.98. The van der Waals surface area contributed by atoms with Crippen molar-refractivity contribution >= 4 is 0 Å². The van der Waals surface area contributed by atoms with Gasteiger partial charge in [-0.15, -0.1) is 0 Å². The third-order valence-electron chi connectivity index (χ3n) is 1.48. The summed E-state index contributed by atoms with van der Waals surface area (Å²) in [5, 5.41) is 3.31. The summed E-state index contributed by atoms with van der Waals surface area (Å²) in [6.07, 6.45) is 5.44. The number of rotatable bonds is 2. The van der Waals surface area contributed by atoms with E-state index in [2.05, 4.69) is 17.5 Å². The van der Waals surface area contributed by atoms with E-state index in [1.165, 1.54) is 0 Å². The molecule has 0 unspecified atom stereocenters. The van der Waals surface area contributed by atoms with Gasteiger partial charge < -0.3 is 10.1 Å². The highest BCUT2D eigenvalue weighted by Gasteiger charge is 2.06. The second-order valence-corrected chi connectivity index (χ2v) is 2.27. The average Bonchev–Trinajstić information content (AvgIpc) is 1.91. The van der Waals surface area contributed by atoms with Crippen molar-refractivity contribution in [3.8, 4) is 0 Å². The van der Waals surface area contributed by atoms with Crippen LogP contribution in [-0.2, 0) is 4.74 Å². The Bertz CT molecular complexity index is 101. The first-order valence-electron chi connectivity index (χ1n) is 3.31. The Morgan fingerprint density at radius 1 is 1.67 bits per heavy atom. The normalized spacial score (nSPS) is 26.6. The van der Waals surface area contributed by atoms with Gasteiger partial charge in [0.15, 0.2) is 0 Å². The molecule has 0 aromatic carbocycles. The zero-order valence-electron chi connectivity index (χ0n) is 5.76. The molecule has 0 saturated heterocycles. The van der Waals surface area contributed by atoms with Crippen LogP contribution in [0.2, 0.25) is 0 Å². The van der Waals surface area contributed by atoms with Crippen molar-refractivity contribution in [2.24, 2.45) is 0 Å². The summed E-state index contributed by atoms with van der Waals surface area (Å²) in [6, 6.07) is 0.542. The third-order valence-corrected chi connectivity index (χ3v) is 1.48. The molecule has 1 aliphatic rings.